The van der Waals surface area contributed by atoms with Gasteiger partial charge in [0.05, 0.1) is 19.6 Å². The van der Waals surface area contributed by atoms with Crippen LogP contribution in [0.1, 0.15) is 19.8 Å². The second-order valence-corrected chi connectivity index (χ2v) is 3.59. The summed E-state index contributed by atoms with van der Waals surface area (Å²) in [5.74, 6) is 2.14. The van der Waals surface area contributed by atoms with Gasteiger partial charge in [-0.3, -0.25) is 4.99 Å². The van der Waals surface area contributed by atoms with Crippen molar-refractivity contribution in [2.45, 2.75) is 19.8 Å². The van der Waals surface area contributed by atoms with Gasteiger partial charge in [-0.1, -0.05) is 0 Å². The summed E-state index contributed by atoms with van der Waals surface area (Å²) in [7, 11) is 0. The van der Waals surface area contributed by atoms with Gasteiger partial charge in [0.15, 0.2) is 0 Å². The van der Waals surface area contributed by atoms with E-state index in [2.05, 4.69) is 10.3 Å². The molecule has 0 bridgehead atoms. The van der Waals surface area contributed by atoms with Gasteiger partial charge in [-0.25, -0.2) is 5.32 Å². The molecule has 0 saturated heterocycles. The average Bonchev–Trinajstić information content (AvgIpc) is 2.74. The number of nitrogens with one attached hydrogen (secondary N) is 2. The molecule has 0 aromatic heterocycles. The Morgan fingerprint density at radius 2 is 2.13 bits per heavy atom. The molecule has 0 fully saturated rings. The van der Waals surface area contributed by atoms with E-state index in [1.165, 1.54) is 12.3 Å². The third-order valence-corrected chi connectivity index (χ3v) is 2.40. The van der Waals surface area contributed by atoms with E-state index in [9.17, 15) is 0 Å². The van der Waals surface area contributed by atoms with Crippen molar-refractivity contribution >= 4 is 11.5 Å². The summed E-state index contributed by atoms with van der Waals surface area (Å²) in [6.45, 7) is 3.79. The Morgan fingerprint density at radius 3 is 2.73 bits per heavy atom. The van der Waals surface area contributed by atoms with Crippen LogP contribution in [0.15, 0.2) is 24.3 Å². The van der Waals surface area contributed by atoms with Crippen LogP contribution in [0.25, 0.3) is 0 Å². The van der Waals surface area contributed by atoms with Crippen LogP contribution in [0, 0.1) is 0 Å². The molecule has 0 amide bonds. The van der Waals surface area contributed by atoms with E-state index < -0.39 is 0 Å². The van der Waals surface area contributed by atoms with Crippen molar-refractivity contribution in [2.75, 3.05) is 18.5 Å². The zero-order valence-electron chi connectivity index (χ0n) is 9.05. The second-order valence-electron chi connectivity index (χ2n) is 3.59. The molecule has 1 aromatic carbocycles. The molecule has 0 saturated carbocycles. The summed E-state index contributed by atoms with van der Waals surface area (Å²) in [6, 6.07) is 8.05. The minimum absolute atomic E-state index is 0.714. The first-order valence-corrected chi connectivity index (χ1v) is 5.48. The molecular weight excluding hydrogens is 188 g/mol. The number of rotatable bonds is 3. The van der Waals surface area contributed by atoms with Gasteiger partial charge in [-0.15, -0.1) is 0 Å². The lowest BCUT2D eigenvalue weighted by atomic mass is 10.3. The molecule has 1 aromatic rings. The molecule has 80 valence electrons. The van der Waals surface area contributed by atoms with Crippen LogP contribution in [-0.4, -0.2) is 19.0 Å². The number of amidine groups is 1. The molecule has 3 heteroatoms. The zero-order chi connectivity index (χ0) is 10.5. The van der Waals surface area contributed by atoms with Crippen molar-refractivity contribution in [1.29, 1.82) is 0 Å². The fraction of sp³-hybridized carbons (Fsp3) is 0.417. The molecule has 3 nitrogen and oxygen atoms in total. The first kappa shape index (κ1) is 10.0. The Labute approximate surface area is 90.2 Å². The number of benzene rings is 1. The molecule has 2 N–H and O–H groups in total. The molecule has 2 rings (SSSR count). The first-order valence-electron chi connectivity index (χ1n) is 5.48. The standard InChI is InChI=1S/C12H16N2O/c1-2-15-11-7-5-10(6-8-11)14-12-4-3-9-13-12/h5-8H,2-4,9H2,1H3,(H,13,14)/p+1. The number of anilines is 1. The van der Waals surface area contributed by atoms with Crippen molar-refractivity contribution in [3.8, 4) is 5.75 Å². The fourth-order valence-corrected chi connectivity index (χ4v) is 1.67. The lowest BCUT2D eigenvalue weighted by Crippen LogP contribution is -2.70. The molecule has 1 aliphatic heterocycles. The molecule has 0 spiro atoms. The third-order valence-electron chi connectivity index (χ3n) is 2.40. The number of hydrogen-bond donors (Lipinski definition) is 2. The van der Waals surface area contributed by atoms with E-state index >= 15 is 0 Å². The highest BCUT2D eigenvalue weighted by molar-refractivity contribution is 5.91. The van der Waals surface area contributed by atoms with Crippen molar-refractivity contribution in [1.82, 2.24) is 0 Å². The molecule has 1 aliphatic rings. The lowest BCUT2D eigenvalue weighted by molar-refractivity contribution is -0.447. The summed E-state index contributed by atoms with van der Waals surface area (Å²) in [5.41, 5.74) is 1.11. The van der Waals surface area contributed by atoms with Crippen LogP contribution in [0.3, 0.4) is 0 Å². The quantitative estimate of drug-likeness (QED) is 0.764. The fourth-order valence-electron chi connectivity index (χ4n) is 1.67. The SMILES string of the molecule is CCOc1ccc(NC2=[NH+]CCC2)cc1. The van der Waals surface area contributed by atoms with Crippen LogP contribution in [-0.2, 0) is 0 Å². The summed E-state index contributed by atoms with van der Waals surface area (Å²) < 4.78 is 5.38. The van der Waals surface area contributed by atoms with Gasteiger partial charge in [0, 0.05) is 0 Å². The molecule has 0 radical (unpaired) electrons. The van der Waals surface area contributed by atoms with Gasteiger partial charge >= 0.3 is 0 Å². The Hall–Kier alpha value is -1.51. The number of ether oxygens (including phenoxy) is 1. The summed E-state index contributed by atoms with van der Waals surface area (Å²) in [4.78, 5) is 3.32. The minimum atomic E-state index is 0.714. The third kappa shape index (κ3) is 2.72. The largest absolute Gasteiger partial charge is 0.494 e. The maximum atomic E-state index is 5.38. The molecule has 15 heavy (non-hydrogen) atoms. The smallest absolute Gasteiger partial charge is 0.247 e. The van der Waals surface area contributed by atoms with Crippen LogP contribution >= 0.6 is 0 Å². The predicted molar refractivity (Wildman–Crippen MR) is 61.3 cm³/mol. The van der Waals surface area contributed by atoms with E-state index in [-0.39, 0.29) is 0 Å². The summed E-state index contributed by atoms with van der Waals surface area (Å²) in [6.07, 6.45) is 2.34. The van der Waals surface area contributed by atoms with Crippen LogP contribution in [0.5, 0.6) is 5.75 Å². The monoisotopic (exact) mass is 205 g/mol. The Kier molecular flexibility index (Phi) is 3.22. The van der Waals surface area contributed by atoms with Gasteiger partial charge in [0.2, 0.25) is 5.84 Å². The van der Waals surface area contributed by atoms with Gasteiger partial charge in [0.1, 0.15) is 11.4 Å². The highest BCUT2D eigenvalue weighted by atomic mass is 16.5. The maximum absolute atomic E-state index is 5.38. The predicted octanol–water partition coefficient (Wildman–Crippen LogP) is 0.770. The molecular formula is C12H17N2O+. The van der Waals surface area contributed by atoms with Crippen LogP contribution < -0.4 is 15.0 Å². The summed E-state index contributed by atoms with van der Waals surface area (Å²) >= 11 is 0. The second kappa shape index (κ2) is 4.82. The van der Waals surface area contributed by atoms with E-state index in [0.29, 0.717) is 6.61 Å². The van der Waals surface area contributed by atoms with Gasteiger partial charge in [0.25, 0.3) is 0 Å². The zero-order valence-corrected chi connectivity index (χ0v) is 9.05. The van der Waals surface area contributed by atoms with Crippen LogP contribution in [0.4, 0.5) is 5.69 Å². The normalized spacial score (nSPS) is 14.9. The van der Waals surface area contributed by atoms with Crippen molar-refractivity contribution in [2.24, 2.45) is 0 Å². The van der Waals surface area contributed by atoms with E-state index in [0.717, 1.165) is 24.4 Å². The van der Waals surface area contributed by atoms with Gasteiger partial charge < -0.3 is 4.74 Å². The molecule has 0 unspecified atom stereocenters. The lowest BCUT2D eigenvalue weighted by Gasteiger charge is -2.03. The maximum Gasteiger partial charge on any atom is 0.247 e. The van der Waals surface area contributed by atoms with Crippen molar-refractivity contribution < 1.29 is 9.73 Å². The highest BCUT2D eigenvalue weighted by Crippen LogP contribution is 2.15. The van der Waals surface area contributed by atoms with E-state index in [1.807, 2.05) is 31.2 Å². The van der Waals surface area contributed by atoms with E-state index in [4.69, 9.17) is 4.74 Å². The van der Waals surface area contributed by atoms with Crippen LogP contribution in [0.2, 0.25) is 0 Å². The minimum Gasteiger partial charge on any atom is -0.494 e. The first-order chi connectivity index (χ1) is 7.38. The Morgan fingerprint density at radius 1 is 1.33 bits per heavy atom. The average molecular weight is 205 g/mol. The summed E-state index contributed by atoms with van der Waals surface area (Å²) in [5, 5.41) is 3.36. The van der Waals surface area contributed by atoms with Crippen molar-refractivity contribution in [3.05, 3.63) is 24.3 Å². The molecule has 0 aliphatic carbocycles. The van der Waals surface area contributed by atoms with Gasteiger partial charge in [-0.05, 0) is 37.6 Å². The van der Waals surface area contributed by atoms with Gasteiger partial charge in [-0.2, -0.15) is 0 Å². The number of hydrogen-bond acceptors (Lipinski definition) is 2. The Balaban J connectivity index is 1.97. The highest BCUT2D eigenvalue weighted by Gasteiger charge is 2.12. The molecule has 1 heterocycles. The van der Waals surface area contributed by atoms with Crippen molar-refractivity contribution in [3.63, 3.8) is 0 Å². The van der Waals surface area contributed by atoms with E-state index in [1.54, 1.807) is 0 Å². The topological polar surface area (TPSA) is 35.2 Å². The Bertz CT molecular complexity index is 343. The molecule has 0 atom stereocenters.